The third-order valence-corrected chi connectivity index (χ3v) is 4.46. The minimum atomic E-state index is -3.07. The molecule has 9 heteroatoms. The molecule has 0 amide bonds. The average molecular weight is 435 g/mol. The third kappa shape index (κ3) is 5.06. The Morgan fingerprint density at radius 3 is 2.23 bits per heavy atom. The molecule has 0 aliphatic carbocycles. The third-order valence-electron chi connectivity index (χ3n) is 4.46. The lowest BCUT2D eigenvalue weighted by atomic mass is 10.1. The van der Waals surface area contributed by atoms with Gasteiger partial charge < -0.3 is 19.5 Å². The lowest BCUT2D eigenvalue weighted by Crippen LogP contribution is -2.19. The van der Waals surface area contributed by atoms with E-state index in [9.17, 15) is 27.5 Å². The maximum Gasteiger partial charge on any atom is 0.387 e. The topological polar surface area (TPSA) is 59.0 Å². The molecule has 0 bridgehead atoms. The van der Waals surface area contributed by atoms with Crippen LogP contribution >= 0.6 is 0 Å². The molecule has 0 radical (unpaired) electrons. The Balaban J connectivity index is 2.12. The highest BCUT2D eigenvalue weighted by molar-refractivity contribution is 5.89. The van der Waals surface area contributed by atoms with Crippen molar-refractivity contribution in [1.29, 1.82) is 0 Å². The Kier molecular flexibility index (Phi) is 6.64. The van der Waals surface area contributed by atoms with Crippen LogP contribution in [0.4, 0.5) is 28.9 Å². The van der Waals surface area contributed by atoms with Crippen LogP contribution in [0, 0.1) is 11.6 Å². The zero-order chi connectivity index (χ0) is 22.5. The predicted octanol–water partition coefficient (Wildman–Crippen LogP) is 5.61. The van der Waals surface area contributed by atoms with Crippen LogP contribution in [0.1, 0.15) is 15.9 Å². The van der Waals surface area contributed by atoms with E-state index in [4.69, 9.17) is 4.74 Å². The molecule has 5 nitrogen and oxygen atoms in total. The van der Waals surface area contributed by atoms with Crippen molar-refractivity contribution in [3.05, 3.63) is 83.4 Å². The summed E-state index contributed by atoms with van der Waals surface area (Å²) in [5.41, 5.74) is 0.326. The molecule has 162 valence electrons. The van der Waals surface area contributed by atoms with E-state index in [0.717, 1.165) is 12.1 Å². The van der Waals surface area contributed by atoms with Crippen LogP contribution in [-0.2, 0) is 6.54 Å². The zero-order valence-electron chi connectivity index (χ0n) is 16.2. The van der Waals surface area contributed by atoms with Crippen LogP contribution in [0.3, 0.4) is 0 Å². The summed E-state index contributed by atoms with van der Waals surface area (Å²) in [6.45, 7) is -3.38. The minimum absolute atomic E-state index is 0.0359. The van der Waals surface area contributed by atoms with Crippen molar-refractivity contribution in [2.45, 2.75) is 13.2 Å². The number of hydrogen-bond acceptors (Lipinski definition) is 4. The van der Waals surface area contributed by atoms with Gasteiger partial charge in [-0.1, -0.05) is 12.1 Å². The summed E-state index contributed by atoms with van der Waals surface area (Å²) in [5, 5.41) is 9.30. The fraction of sp³-hybridized carbons (Fsp3) is 0.136. The number of benzene rings is 3. The molecule has 1 N–H and O–H groups in total. The summed E-state index contributed by atoms with van der Waals surface area (Å²) in [6, 6.07) is 13.1. The molecule has 0 aliphatic heterocycles. The maximum absolute atomic E-state index is 14.3. The van der Waals surface area contributed by atoms with Gasteiger partial charge in [-0.2, -0.15) is 8.78 Å². The normalized spacial score (nSPS) is 10.8. The number of halogens is 4. The van der Waals surface area contributed by atoms with Gasteiger partial charge in [0.2, 0.25) is 0 Å². The quantitative estimate of drug-likeness (QED) is 0.466. The molecule has 0 heterocycles. The fourth-order valence-corrected chi connectivity index (χ4v) is 3.00. The van der Waals surface area contributed by atoms with E-state index in [2.05, 4.69) is 4.74 Å². The first-order valence-corrected chi connectivity index (χ1v) is 8.96. The van der Waals surface area contributed by atoms with Crippen molar-refractivity contribution in [2.75, 3.05) is 12.0 Å². The largest absolute Gasteiger partial charge is 0.493 e. The van der Waals surface area contributed by atoms with Gasteiger partial charge in [0.15, 0.2) is 11.5 Å². The molecule has 0 saturated heterocycles. The van der Waals surface area contributed by atoms with Gasteiger partial charge in [0.25, 0.3) is 0 Å². The summed E-state index contributed by atoms with van der Waals surface area (Å²) >= 11 is 0. The summed E-state index contributed by atoms with van der Waals surface area (Å²) in [7, 11) is 1.25. The predicted molar refractivity (Wildman–Crippen MR) is 105 cm³/mol. The van der Waals surface area contributed by atoms with Gasteiger partial charge >= 0.3 is 12.6 Å². The Hall–Kier alpha value is -3.75. The van der Waals surface area contributed by atoms with Crippen LogP contribution in [0.25, 0.3) is 0 Å². The number of carboxylic acid groups (broad SMARTS) is 1. The summed E-state index contributed by atoms with van der Waals surface area (Å²) < 4.78 is 63.4. The van der Waals surface area contributed by atoms with E-state index in [1.165, 1.54) is 54.5 Å². The molecule has 0 spiro atoms. The lowest BCUT2D eigenvalue weighted by molar-refractivity contribution is -0.0512. The molecular formula is C22H17F4NO4. The SMILES string of the molecule is COc1cc(N(Cc2c(F)cccc2F)c2cccc(C(=O)O)c2)ccc1OC(F)F. The van der Waals surface area contributed by atoms with Gasteiger partial charge in [0.05, 0.1) is 19.2 Å². The Morgan fingerprint density at radius 2 is 1.61 bits per heavy atom. The summed E-state index contributed by atoms with van der Waals surface area (Å²) in [6.07, 6.45) is 0. The van der Waals surface area contributed by atoms with E-state index >= 15 is 0 Å². The maximum atomic E-state index is 14.3. The van der Waals surface area contributed by atoms with Gasteiger partial charge in [-0.25, -0.2) is 13.6 Å². The van der Waals surface area contributed by atoms with Crippen LogP contribution in [0.15, 0.2) is 60.7 Å². The Morgan fingerprint density at radius 1 is 0.968 bits per heavy atom. The number of rotatable bonds is 8. The van der Waals surface area contributed by atoms with Gasteiger partial charge in [-0.15, -0.1) is 0 Å². The van der Waals surface area contributed by atoms with Crippen LogP contribution in [-0.4, -0.2) is 24.8 Å². The van der Waals surface area contributed by atoms with E-state index in [1.54, 1.807) is 6.07 Å². The van der Waals surface area contributed by atoms with E-state index < -0.39 is 24.2 Å². The van der Waals surface area contributed by atoms with Crippen LogP contribution in [0.5, 0.6) is 11.5 Å². The molecule has 0 aliphatic rings. The van der Waals surface area contributed by atoms with E-state index in [-0.39, 0.29) is 29.2 Å². The number of ether oxygens (including phenoxy) is 2. The summed E-state index contributed by atoms with van der Waals surface area (Å²) in [4.78, 5) is 12.8. The van der Waals surface area contributed by atoms with Crippen molar-refractivity contribution < 1.29 is 36.9 Å². The Labute approximate surface area is 175 Å². The summed E-state index contributed by atoms with van der Waals surface area (Å²) in [5.74, 6) is -3.02. The van der Waals surface area contributed by atoms with E-state index in [1.807, 2.05) is 0 Å². The number of nitrogens with zero attached hydrogens (tertiary/aromatic N) is 1. The highest BCUT2D eigenvalue weighted by atomic mass is 19.3. The zero-order valence-corrected chi connectivity index (χ0v) is 16.2. The standard InChI is InChI=1S/C22H17F4NO4/c1-30-20-11-15(8-9-19(20)31-22(25)26)27(12-16-17(23)6-3-7-18(16)24)14-5-2-4-13(10-14)21(28)29/h2-11,22H,12H2,1H3,(H,28,29). The van der Waals surface area contributed by atoms with Crippen LogP contribution < -0.4 is 14.4 Å². The average Bonchev–Trinajstić information content (AvgIpc) is 2.74. The van der Waals surface area contributed by atoms with Crippen molar-refractivity contribution in [3.8, 4) is 11.5 Å². The molecule has 0 atom stereocenters. The van der Waals surface area contributed by atoms with Crippen LogP contribution in [0.2, 0.25) is 0 Å². The molecule has 0 fully saturated rings. The minimum Gasteiger partial charge on any atom is -0.493 e. The highest BCUT2D eigenvalue weighted by Gasteiger charge is 2.20. The molecule has 0 unspecified atom stereocenters. The first-order chi connectivity index (χ1) is 14.8. The monoisotopic (exact) mass is 435 g/mol. The van der Waals surface area contributed by atoms with Crippen molar-refractivity contribution in [1.82, 2.24) is 0 Å². The molecular weight excluding hydrogens is 418 g/mol. The molecule has 3 aromatic rings. The molecule has 0 aromatic heterocycles. The lowest BCUT2D eigenvalue weighted by Gasteiger charge is -2.27. The number of carbonyl (C=O) groups is 1. The van der Waals surface area contributed by atoms with Crippen molar-refractivity contribution >= 4 is 17.3 Å². The Bertz CT molecular complexity index is 1070. The fourth-order valence-electron chi connectivity index (χ4n) is 3.00. The first-order valence-electron chi connectivity index (χ1n) is 8.96. The van der Waals surface area contributed by atoms with Gasteiger partial charge in [-0.3, -0.25) is 0 Å². The van der Waals surface area contributed by atoms with Crippen molar-refractivity contribution in [3.63, 3.8) is 0 Å². The van der Waals surface area contributed by atoms with Crippen molar-refractivity contribution in [2.24, 2.45) is 0 Å². The molecule has 3 aromatic carbocycles. The number of anilines is 2. The number of carboxylic acids is 1. The van der Waals surface area contributed by atoms with Gasteiger partial charge in [0.1, 0.15) is 11.6 Å². The second-order valence-electron chi connectivity index (χ2n) is 6.36. The second kappa shape index (κ2) is 9.38. The number of alkyl halides is 2. The van der Waals surface area contributed by atoms with Gasteiger partial charge in [-0.05, 0) is 42.5 Å². The number of hydrogen-bond donors (Lipinski definition) is 1. The molecule has 0 saturated carbocycles. The second-order valence-corrected chi connectivity index (χ2v) is 6.36. The van der Waals surface area contributed by atoms with Gasteiger partial charge in [0, 0.05) is 23.0 Å². The molecule has 3 rings (SSSR count). The highest BCUT2D eigenvalue weighted by Crippen LogP contribution is 2.37. The van der Waals surface area contributed by atoms with E-state index in [0.29, 0.717) is 11.4 Å². The first kappa shape index (κ1) is 21.9. The number of methoxy groups -OCH3 is 1. The number of aromatic carboxylic acids is 1. The molecule has 31 heavy (non-hydrogen) atoms. The smallest absolute Gasteiger partial charge is 0.387 e.